The van der Waals surface area contributed by atoms with Crippen LogP contribution in [0, 0.1) is 0 Å². The summed E-state index contributed by atoms with van der Waals surface area (Å²) in [6, 6.07) is 0. The van der Waals surface area contributed by atoms with Gasteiger partial charge in [-0.25, -0.2) is 4.68 Å². The van der Waals surface area contributed by atoms with Gasteiger partial charge >= 0.3 is 0 Å². The van der Waals surface area contributed by atoms with Crippen LogP contribution in [-0.4, -0.2) is 23.3 Å². The van der Waals surface area contributed by atoms with Crippen LogP contribution in [0.1, 0.15) is 5.69 Å². The van der Waals surface area contributed by atoms with E-state index in [9.17, 15) is 0 Å². The molecule has 1 aromatic rings. The van der Waals surface area contributed by atoms with E-state index in [0.717, 1.165) is 5.69 Å². The molecule has 72 valence electrons. The molecule has 0 spiro atoms. The van der Waals surface area contributed by atoms with Gasteiger partial charge in [0.2, 0.25) is 0 Å². The lowest BCUT2D eigenvalue weighted by molar-refractivity contribution is 0.294. The molecule has 0 saturated heterocycles. The highest BCUT2D eigenvalue weighted by Crippen LogP contribution is 2.06. The maximum absolute atomic E-state index is 5.66. The predicted octanol–water partition coefficient (Wildman–Crippen LogP) is 1.73. The Morgan fingerprint density at radius 3 is 2.77 bits per heavy atom. The van der Waals surface area contributed by atoms with Crippen molar-refractivity contribution >= 4 is 14.5 Å². The van der Waals surface area contributed by atoms with Crippen molar-refractivity contribution in [1.29, 1.82) is 0 Å². The van der Waals surface area contributed by atoms with Gasteiger partial charge in [-0.15, -0.1) is 5.10 Å². The Labute approximate surface area is 79.3 Å². The smallest absolute Gasteiger partial charge is 0.184 e. The Morgan fingerprint density at radius 2 is 2.31 bits per heavy atom. The van der Waals surface area contributed by atoms with Crippen LogP contribution in [0.3, 0.4) is 0 Å². The van der Waals surface area contributed by atoms with E-state index in [1.165, 1.54) is 0 Å². The van der Waals surface area contributed by atoms with E-state index < -0.39 is 8.32 Å². The average Bonchev–Trinajstić information content (AvgIpc) is 2.47. The molecule has 4 nitrogen and oxygen atoms in total. The molecule has 13 heavy (non-hydrogen) atoms. The van der Waals surface area contributed by atoms with Crippen LogP contribution in [0.4, 0.5) is 0 Å². The van der Waals surface area contributed by atoms with Gasteiger partial charge in [0.05, 0.1) is 12.8 Å². The molecule has 0 aliphatic heterocycles. The topological polar surface area (TPSA) is 39.9 Å². The third-order valence-corrected chi connectivity index (χ3v) is 2.41. The first kappa shape index (κ1) is 10.1. The van der Waals surface area contributed by atoms with Crippen molar-refractivity contribution < 1.29 is 4.43 Å². The first-order chi connectivity index (χ1) is 6.01. The first-order valence-corrected chi connectivity index (χ1v) is 7.59. The van der Waals surface area contributed by atoms with Gasteiger partial charge in [-0.1, -0.05) is 11.8 Å². The third-order valence-electron chi connectivity index (χ3n) is 1.40. The van der Waals surface area contributed by atoms with Crippen LogP contribution < -0.4 is 0 Å². The Balaban J connectivity index is 2.50. The Hall–Kier alpha value is -0.943. The van der Waals surface area contributed by atoms with Crippen molar-refractivity contribution in [3.05, 3.63) is 18.5 Å². The number of hydrogen-bond donors (Lipinski definition) is 0. The summed E-state index contributed by atoms with van der Waals surface area (Å²) >= 11 is 0. The third kappa shape index (κ3) is 3.52. The van der Waals surface area contributed by atoms with Gasteiger partial charge in [-0.3, -0.25) is 0 Å². The molecule has 1 rings (SSSR count). The quantitative estimate of drug-likeness (QED) is 0.690. The summed E-state index contributed by atoms with van der Waals surface area (Å²) in [4.78, 5) is 0. The molecule has 0 N–H and O–H groups in total. The predicted molar refractivity (Wildman–Crippen MR) is 54.5 cm³/mol. The van der Waals surface area contributed by atoms with Gasteiger partial charge in [0.25, 0.3) is 0 Å². The van der Waals surface area contributed by atoms with E-state index in [4.69, 9.17) is 4.43 Å². The van der Waals surface area contributed by atoms with E-state index >= 15 is 0 Å². The highest BCUT2D eigenvalue weighted by Gasteiger charge is 2.14. The van der Waals surface area contributed by atoms with Crippen LogP contribution in [0.5, 0.6) is 0 Å². The van der Waals surface area contributed by atoms with E-state index in [2.05, 4.69) is 36.5 Å². The van der Waals surface area contributed by atoms with Crippen molar-refractivity contribution in [3.63, 3.8) is 0 Å². The van der Waals surface area contributed by atoms with Gasteiger partial charge in [0.1, 0.15) is 5.69 Å². The monoisotopic (exact) mass is 197 g/mol. The summed E-state index contributed by atoms with van der Waals surface area (Å²) in [7, 11) is -1.44. The second-order valence-corrected chi connectivity index (χ2v) is 8.29. The highest BCUT2D eigenvalue weighted by molar-refractivity contribution is 6.69. The summed E-state index contributed by atoms with van der Waals surface area (Å²) in [5.41, 5.74) is 0.849. The molecule has 0 radical (unpaired) electrons. The molecule has 0 aromatic carbocycles. The zero-order valence-electron chi connectivity index (χ0n) is 8.32. The molecule has 0 aliphatic rings. The van der Waals surface area contributed by atoms with Gasteiger partial charge in [0, 0.05) is 6.20 Å². The molecule has 0 bridgehead atoms. The molecule has 0 fully saturated rings. The van der Waals surface area contributed by atoms with Crippen LogP contribution in [0.2, 0.25) is 19.6 Å². The Kier molecular flexibility index (Phi) is 3.00. The van der Waals surface area contributed by atoms with Gasteiger partial charge in [-0.2, -0.15) is 0 Å². The van der Waals surface area contributed by atoms with Gasteiger partial charge < -0.3 is 4.43 Å². The van der Waals surface area contributed by atoms with Crippen molar-refractivity contribution in [1.82, 2.24) is 15.0 Å². The van der Waals surface area contributed by atoms with E-state index in [1.807, 2.05) is 6.20 Å². The minimum absolute atomic E-state index is 0.545. The van der Waals surface area contributed by atoms with Crippen molar-refractivity contribution in [2.75, 3.05) is 0 Å². The van der Waals surface area contributed by atoms with Crippen molar-refractivity contribution in [2.24, 2.45) is 0 Å². The molecule has 1 heterocycles. The highest BCUT2D eigenvalue weighted by atomic mass is 28.4. The number of rotatable bonds is 4. The summed E-state index contributed by atoms with van der Waals surface area (Å²) in [5.74, 6) is 0. The SMILES string of the molecule is C=Cn1cc(CO[Si](C)(C)C)nn1. The maximum atomic E-state index is 5.66. The summed E-state index contributed by atoms with van der Waals surface area (Å²) in [5, 5.41) is 7.75. The van der Waals surface area contributed by atoms with Gasteiger partial charge in [-0.05, 0) is 19.6 Å². The molecule has 1 aromatic heterocycles. The Bertz CT molecular complexity index is 290. The van der Waals surface area contributed by atoms with Crippen molar-refractivity contribution in [3.8, 4) is 0 Å². The first-order valence-electron chi connectivity index (χ1n) is 4.18. The lowest BCUT2D eigenvalue weighted by Crippen LogP contribution is -2.24. The van der Waals surface area contributed by atoms with Crippen LogP contribution in [0.25, 0.3) is 6.20 Å². The second kappa shape index (κ2) is 3.84. The minimum Gasteiger partial charge on any atom is -0.412 e. The Morgan fingerprint density at radius 1 is 1.62 bits per heavy atom. The zero-order chi connectivity index (χ0) is 9.90. The zero-order valence-corrected chi connectivity index (χ0v) is 9.32. The molecule has 0 aliphatic carbocycles. The normalized spacial score (nSPS) is 11.6. The fourth-order valence-corrected chi connectivity index (χ4v) is 1.34. The fraction of sp³-hybridized carbons (Fsp3) is 0.500. The standard InChI is InChI=1S/C8H15N3OSi/c1-5-11-6-8(9-10-11)7-12-13(2,3)4/h5-6H,1,7H2,2-4H3. The minimum atomic E-state index is -1.44. The lowest BCUT2D eigenvalue weighted by atomic mass is 10.5. The van der Waals surface area contributed by atoms with Gasteiger partial charge in [0.15, 0.2) is 8.32 Å². The molecular formula is C8H15N3OSi. The summed E-state index contributed by atoms with van der Waals surface area (Å²) in [6.45, 7) is 10.6. The molecule has 0 unspecified atom stereocenters. The van der Waals surface area contributed by atoms with E-state index in [1.54, 1.807) is 10.9 Å². The van der Waals surface area contributed by atoms with Crippen LogP contribution in [-0.2, 0) is 11.0 Å². The molecule has 0 amide bonds. The maximum Gasteiger partial charge on any atom is 0.184 e. The van der Waals surface area contributed by atoms with E-state index in [-0.39, 0.29) is 0 Å². The molecule has 0 atom stereocenters. The summed E-state index contributed by atoms with van der Waals surface area (Å²) < 4.78 is 7.23. The number of nitrogens with zero attached hydrogens (tertiary/aromatic N) is 3. The molecule has 0 saturated carbocycles. The van der Waals surface area contributed by atoms with Crippen molar-refractivity contribution in [2.45, 2.75) is 26.2 Å². The van der Waals surface area contributed by atoms with E-state index in [0.29, 0.717) is 6.61 Å². The fourth-order valence-electron chi connectivity index (χ4n) is 0.759. The van der Waals surface area contributed by atoms with Crippen LogP contribution >= 0.6 is 0 Å². The second-order valence-electron chi connectivity index (χ2n) is 3.77. The van der Waals surface area contributed by atoms with Crippen LogP contribution in [0.15, 0.2) is 12.8 Å². The lowest BCUT2D eigenvalue weighted by Gasteiger charge is -2.15. The summed E-state index contributed by atoms with van der Waals surface area (Å²) in [6.07, 6.45) is 3.41. The number of hydrogen-bond acceptors (Lipinski definition) is 3. The molecule has 5 heteroatoms. The number of aromatic nitrogens is 3. The largest absolute Gasteiger partial charge is 0.412 e. The molecular weight excluding hydrogens is 182 g/mol. The average molecular weight is 197 g/mol.